The maximum absolute atomic E-state index is 12.8. The lowest BCUT2D eigenvalue weighted by atomic mass is 10.0. The predicted molar refractivity (Wildman–Crippen MR) is 87.3 cm³/mol. The van der Waals surface area contributed by atoms with Crippen molar-refractivity contribution in [3.8, 4) is 0 Å². The zero-order valence-corrected chi connectivity index (χ0v) is 13.1. The molecule has 0 heterocycles. The molecule has 6 heteroatoms. The lowest BCUT2D eigenvalue weighted by molar-refractivity contribution is -0.137. The van der Waals surface area contributed by atoms with E-state index in [1.54, 1.807) is 13.0 Å². The molecule has 0 atom stereocenters. The van der Waals surface area contributed by atoms with Crippen molar-refractivity contribution in [1.82, 2.24) is 0 Å². The van der Waals surface area contributed by atoms with Gasteiger partial charge >= 0.3 is 6.18 Å². The summed E-state index contributed by atoms with van der Waals surface area (Å²) in [5, 5.41) is 1.99. The van der Waals surface area contributed by atoms with E-state index in [2.05, 4.69) is 18.5 Å². The van der Waals surface area contributed by atoms with Gasteiger partial charge in [0.2, 0.25) is 0 Å². The first kappa shape index (κ1) is 18.8. The Hall–Kier alpha value is -2.27. The molecule has 0 saturated heterocycles. The SMILES string of the molecule is C=C/C=C(C=C)/C(=C/C)C(=O)Nc1ccc(Cl)c(C(F)(F)F)c1. The van der Waals surface area contributed by atoms with E-state index in [0.717, 1.165) is 12.1 Å². The summed E-state index contributed by atoms with van der Waals surface area (Å²) in [4.78, 5) is 12.2. The molecule has 1 aromatic carbocycles. The zero-order valence-electron chi connectivity index (χ0n) is 12.4. The third-order valence-electron chi connectivity index (χ3n) is 2.89. The molecule has 2 nitrogen and oxygen atoms in total. The first-order chi connectivity index (χ1) is 10.7. The summed E-state index contributed by atoms with van der Waals surface area (Å²) < 4.78 is 38.5. The van der Waals surface area contributed by atoms with Gasteiger partial charge in [0.1, 0.15) is 0 Å². The van der Waals surface area contributed by atoms with Gasteiger partial charge in [-0.25, -0.2) is 0 Å². The molecule has 1 N–H and O–H groups in total. The van der Waals surface area contributed by atoms with Gasteiger partial charge in [0.05, 0.1) is 10.6 Å². The van der Waals surface area contributed by atoms with Gasteiger partial charge in [-0.05, 0) is 30.7 Å². The highest BCUT2D eigenvalue weighted by Crippen LogP contribution is 2.36. The van der Waals surface area contributed by atoms with Crippen molar-refractivity contribution in [3.63, 3.8) is 0 Å². The summed E-state index contributed by atoms with van der Waals surface area (Å²) in [7, 11) is 0. The number of amides is 1. The predicted octanol–water partition coefficient (Wildman–Crippen LogP) is 5.54. The van der Waals surface area contributed by atoms with Crippen LogP contribution in [0.4, 0.5) is 18.9 Å². The van der Waals surface area contributed by atoms with Gasteiger partial charge in [0.25, 0.3) is 5.91 Å². The molecule has 1 amide bonds. The second kappa shape index (κ2) is 7.83. The molecular weight excluding hydrogens is 327 g/mol. The van der Waals surface area contributed by atoms with E-state index in [9.17, 15) is 18.0 Å². The second-order valence-electron chi connectivity index (χ2n) is 4.41. The Kier molecular flexibility index (Phi) is 6.39. The van der Waals surface area contributed by atoms with Crippen LogP contribution in [0.25, 0.3) is 0 Å². The van der Waals surface area contributed by atoms with Crippen LogP contribution in [0.1, 0.15) is 12.5 Å². The number of alkyl halides is 3. The molecule has 0 radical (unpaired) electrons. The lowest BCUT2D eigenvalue weighted by Crippen LogP contribution is -2.16. The number of carbonyl (C=O) groups is 1. The summed E-state index contributed by atoms with van der Waals surface area (Å²) in [5.74, 6) is -0.559. The molecule has 0 unspecified atom stereocenters. The Labute approximate surface area is 137 Å². The number of anilines is 1. The highest BCUT2D eigenvalue weighted by Gasteiger charge is 2.33. The fourth-order valence-corrected chi connectivity index (χ4v) is 2.07. The van der Waals surface area contributed by atoms with Crippen LogP contribution in [0, 0.1) is 0 Å². The molecule has 0 saturated carbocycles. The smallest absolute Gasteiger partial charge is 0.322 e. The van der Waals surface area contributed by atoms with E-state index < -0.39 is 22.7 Å². The maximum Gasteiger partial charge on any atom is 0.417 e. The van der Waals surface area contributed by atoms with Crippen LogP contribution in [0.15, 0.2) is 66.8 Å². The number of hydrogen-bond donors (Lipinski definition) is 1. The number of hydrogen-bond acceptors (Lipinski definition) is 1. The molecular formula is C17H15ClF3NO. The number of halogens is 4. The van der Waals surface area contributed by atoms with Gasteiger partial charge in [-0.15, -0.1) is 0 Å². The Bertz CT molecular complexity index is 688. The van der Waals surface area contributed by atoms with Gasteiger partial charge < -0.3 is 5.32 Å². The fourth-order valence-electron chi connectivity index (χ4n) is 1.84. The van der Waals surface area contributed by atoms with Gasteiger partial charge in [-0.1, -0.05) is 49.1 Å². The lowest BCUT2D eigenvalue weighted by Gasteiger charge is -2.13. The Balaban J connectivity index is 3.13. The van der Waals surface area contributed by atoms with Crippen molar-refractivity contribution in [2.24, 2.45) is 0 Å². The van der Waals surface area contributed by atoms with Crippen LogP contribution in [-0.4, -0.2) is 5.91 Å². The third-order valence-corrected chi connectivity index (χ3v) is 3.22. The minimum Gasteiger partial charge on any atom is -0.322 e. The third kappa shape index (κ3) is 4.86. The van der Waals surface area contributed by atoms with E-state index in [1.165, 1.54) is 24.3 Å². The maximum atomic E-state index is 12.8. The topological polar surface area (TPSA) is 29.1 Å². The minimum absolute atomic E-state index is 0.00640. The molecule has 0 aliphatic heterocycles. The van der Waals surface area contributed by atoms with E-state index in [-0.39, 0.29) is 11.3 Å². The summed E-state index contributed by atoms with van der Waals surface area (Å²) in [6.45, 7) is 8.76. The van der Waals surface area contributed by atoms with E-state index >= 15 is 0 Å². The number of allylic oxidation sites excluding steroid dienone is 4. The number of nitrogens with one attached hydrogen (secondary N) is 1. The largest absolute Gasteiger partial charge is 0.417 e. The number of carbonyl (C=O) groups excluding carboxylic acids is 1. The number of rotatable bonds is 5. The van der Waals surface area contributed by atoms with Crippen molar-refractivity contribution < 1.29 is 18.0 Å². The van der Waals surface area contributed by atoms with Crippen molar-refractivity contribution in [3.05, 3.63) is 77.4 Å². The van der Waals surface area contributed by atoms with Crippen molar-refractivity contribution >= 4 is 23.2 Å². The van der Waals surface area contributed by atoms with Crippen molar-refractivity contribution in [1.29, 1.82) is 0 Å². The van der Waals surface area contributed by atoms with Crippen molar-refractivity contribution in [2.75, 3.05) is 5.32 Å². The van der Waals surface area contributed by atoms with Gasteiger partial charge in [-0.2, -0.15) is 13.2 Å². The number of benzene rings is 1. The second-order valence-corrected chi connectivity index (χ2v) is 4.82. The van der Waals surface area contributed by atoms with Crippen LogP contribution in [0.5, 0.6) is 0 Å². The normalized spacial score (nSPS) is 12.7. The van der Waals surface area contributed by atoms with Crippen LogP contribution in [0.3, 0.4) is 0 Å². The average Bonchev–Trinajstić information content (AvgIpc) is 2.47. The highest BCUT2D eigenvalue weighted by molar-refractivity contribution is 6.31. The van der Waals surface area contributed by atoms with Gasteiger partial charge in [0, 0.05) is 11.3 Å². The molecule has 1 aromatic rings. The monoisotopic (exact) mass is 341 g/mol. The fraction of sp³-hybridized carbons (Fsp3) is 0.118. The van der Waals surface area contributed by atoms with Crippen LogP contribution < -0.4 is 5.32 Å². The van der Waals surface area contributed by atoms with Crippen LogP contribution >= 0.6 is 11.6 Å². The summed E-state index contributed by atoms with van der Waals surface area (Å²) >= 11 is 5.54. The molecule has 0 aliphatic rings. The Morgan fingerprint density at radius 3 is 2.43 bits per heavy atom. The molecule has 0 fully saturated rings. The standard InChI is InChI=1S/C17H15ClF3NO/c1-4-7-11(5-2)13(6-3)16(23)22-12-8-9-15(18)14(10-12)17(19,20)21/h4-10H,1-2H2,3H3,(H,22,23)/b11-7+,13-6-. The molecule has 0 bridgehead atoms. The average molecular weight is 342 g/mol. The first-order valence-electron chi connectivity index (χ1n) is 6.54. The summed E-state index contributed by atoms with van der Waals surface area (Å²) in [6, 6.07) is 3.18. The van der Waals surface area contributed by atoms with Crippen LogP contribution in [-0.2, 0) is 11.0 Å². The van der Waals surface area contributed by atoms with Crippen LogP contribution in [0.2, 0.25) is 5.02 Å². The molecule has 0 aromatic heterocycles. The first-order valence-corrected chi connectivity index (χ1v) is 6.92. The van der Waals surface area contributed by atoms with Gasteiger partial charge in [0.15, 0.2) is 0 Å². The van der Waals surface area contributed by atoms with E-state index in [1.807, 2.05) is 0 Å². The molecule has 1 rings (SSSR count). The minimum atomic E-state index is -4.60. The zero-order chi connectivity index (χ0) is 17.6. The molecule has 0 spiro atoms. The summed E-state index contributed by atoms with van der Waals surface area (Å²) in [5.41, 5.74) is -0.244. The van der Waals surface area contributed by atoms with Crippen molar-refractivity contribution in [2.45, 2.75) is 13.1 Å². The molecule has 122 valence electrons. The molecule has 23 heavy (non-hydrogen) atoms. The summed E-state index contributed by atoms with van der Waals surface area (Å²) in [6.07, 6.45) is 1.45. The molecule has 0 aliphatic carbocycles. The van der Waals surface area contributed by atoms with E-state index in [0.29, 0.717) is 5.57 Å². The Morgan fingerprint density at radius 1 is 1.30 bits per heavy atom. The van der Waals surface area contributed by atoms with Gasteiger partial charge in [-0.3, -0.25) is 4.79 Å². The quantitative estimate of drug-likeness (QED) is 0.552. The highest BCUT2D eigenvalue weighted by atomic mass is 35.5. The Morgan fingerprint density at radius 2 is 1.96 bits per heavy atom. The van der Waals surface area contributed by atoms with E-state index in [4.69, 9.17) is 11.6 Å².